The van der Waals surface area contributed by atoms with E-state index in [1.807, 2.05) is 12.1 Å². The molecule has 0 bridgehead atoms. The third-order valence-corrected chi connectivity index (χ3v) is 7.24. The Balaban J connectivity index is 1.22. The van der Waals surface area contributed by atoms with Crippen LogP contribution in [0.5, 0.6) is 5.75 Å². The first-order chi connectivity index (χ1) is 17.8. The van der Waals surface area contributed by atoms with Crippen molar-refractivity contribution >= 4 is 26.8 Å². The lowest BCUT2D eigenvalue weighted by atomic mass is 10.1. The van der Waals surface area contributed by atoms with Crippen LogP contribution >= 0.6 is 0 Å². The van der Waals surface area contributed by atoms with E-state index in [2.05, 4.69) is 15.0 Å². The number of aromatic nitrogens is 2. The Morgan fingerprint density at radius 3 is 2.46 bits per heavy atom. The number of para-hydroxylation sites is 1. The van der Waals surface area contributed by atoms with Gasteiger partial charge in [-0.25, -0.2) is 18.1 Å². The largest absolute Gasteiger partial charge is 0.492 e. The molecule has 0 aliphatic heterocycles. The summed E-state index contributed by atoms with van der Waals surface area (Å²) in [5, 5.41) is 3.32. The number of carbonyl (C=O) groups is 1. The number of benzene rings is 3. The van der Waals surface area contributed by atoms with E-state index in [1.165, 1.54) is 23.0 Å². The highest BCUT2D eigenvalue weighted by Crippen LogP contribution is 2.13. The maximum absolute atomic E-state index is 12.5. The average molecular weight is 521 g/mol. The molecule has 0 aliphatic rings. The van der Waals surface area contributed by atoms with Crippen molar-refractivity contribution in [1.29, 1.82) is 0 Å². The van der Waals surface area contributed by atoms with Crippen LogP contribution in [0.15, 0.2) is 94.9 Å². The number of ether oxygens (including phenoxy) is 1. The zero-order chi connectivity index (χ0) is 26.3. The number of hydrogen-bond acceptors (Lipinski definition) is 6. The molecule has 1 unspecified atom stereocenters. The van der Waals surface area contributed by atoms with Gasteiger partial charge < -0.3 is 10.1 Å². The van der Waals surface area contributed by atoms with Crippen LogP contribution in [0, 0.1) is 0 Å². The van der Waals surface area contributed by atoms with Crippen molar-refractivity contribution < 1.29 is 17.9 Å². The second-order valence-corrected chi connectivity index (χ2v) is 10.3. The van der Waals surface area contributed by atoms with E-state index < -0.39 is 16.1 Å². The summed E-state index contributed by atoms with van der Waals surface area (Å²) in [5.74, 6) is 0.400. The Morgan fingerprint density at radius 2 is 1.70 bits per heavy atom. The van der Waals surface area contributed by atoms with Gasteiger partial charge in [0.1, 0.15) is 12.4 Å². The second-order valence-electron chi connectivity index (χ2n) is 8.57. The summed E-state index contributed by atoms with van der Waals surface area (Å²) in [6.07, 6.45) is 1.67. The van der Waals surface area contributed by atoms with Gasteiger partial charge in [0, 0.05) is 12.6 Å². The first-order valence-electron chi connectivity index (χ1n) is 11.8. The quantitative estimate of drug-likeness (QED) is 0.314. The molecule has 1 atom stereocenters. The summed E-state index contributed by atoms with van der Waals surface area (Å²) in [6, 6.07) is 21.9. The van der Waals surface area contributed by atoms with Gasteiger partial charge in [0.2, 0.25) is 15.9 Å². The number of amides is 1. The molecule has 192 valence electrons. The summed E-state index contributed by atoms with van der Waals surface area (Å²) in [5.41, 5.74) is 1.34. The van der Waals surface area contributed by atoms with Crippen LogP contribution in [0.4, 0.5) is 0 Å². The minimum absolute atomic E-state index is 0.113. The van der Waals surface area contributed by atoms with Crippen molar-refractivity contribution in [3.8, 4) is 5.75 Å². The number of carbonyl (C=O) groups excluding carboxylic acids is 1. The Bertz CT molecular complexity index is 1520. The molecule has 4 aromatic rings. The fourth-order valence-corrected chi connectivity index (χ4v) is 4.98. The molecule has 0 radical (unpaired) electrons. The average Bonchev–Trinajstić information content (AvgIpc) is 2.90. The van der Waals surface area contributed by atoms with E-state index in [0.717, 1.165) is 5.56 Å². The molecule has 1 heterocycles. The van der Waals surface area contributed by atoms with Crippen LogP contribution in [0.3, 0.4) is 0 Å². The molecule has 4 rings (SSSR count). The van der Waals surface area contributed by atoms with Crippen molar-refractivity contribution in [2.24, 2.45) is 0 Å². The fourth-order valence-electron chi connectivity index (χ4n) is 3.72. The second kappa shape index (κ2) is 11.8. The number of fused-ring (bicyclic) bond motifs is 1. The Kier molecular flexibility index (Phi) is 8.32. The molecule has 0 saturated heterocycles. The van der Waals surface area contributed by atoms with E-state index in [0.29, 0.717) is 23.2 Å². The van der Waals surface area contributed by atoms with Gasteiger partial charge in [0.05, 0.1) is 35.1 Å². The van der Waals surface area contributed by atoms with E-state index in [-0.39, 0.29) is 35.9 Å². The molecule has 2 N–H and O–H groups in total. The normalized spacial score (nSPS) is 12.2. The van der Waals surface area contributed by atoms with Gasteiger partial charge in [0.25, 0.3) is 5.56 Å². The molecular weight excluding hydrogens is 492 g/mol. The molecular formula is C27H28N4O5S. The standard InChI is InChI=1S/C27H28N4O5S/c1-20(30-37(34,35)23-7-3-2-4-8-23)18-28-26(32)17-21-11-13-22(14-12-21)36-16-15-31-19-29-25-10-6-5-9-24(25)27(31)33/h2-14,19-20,30H,15-18H2,1H3,(H,28,32). The molecule has 1 amide bonds. The van der Waals surface area contributed by atoms with Gasteiger partial charge in [-0.1, -0.05) is 42.5 Å². The number of rotatable bonds is 11. The summed E-state index contributed by atoms with van der Waals surface area (Å²) in [6.45, 7) is 2.49. The van der Waals surface area contributed by atoms with Gasteiger partial charge in [-0.2, -0.15) is 0 Å². The van der Waals surface area contributed by atoms with Crippen LogP contribution in [0.2, 0.25) is 0 Å². The monoisotopic (exact) mass is 520 g/mol. The molecule has 9 nitrogen and oxygen atoms in total. The topological polar surface area (TPSA) is 119 Å². The third kappa shape index (κ3) is 7.02. The van der Waals surface area contributed by atoms with Gasteiger partial charge in [-0.15, -0.1) is 0 Å². The molecule has 0 spiro atoms. The maximum atomic E-state index is 12.5. The lowest BCUT2D eigenvalue weighted by Crippen LogP contribution is -2.42. The summed E-state index contributed by atoms with van der Waals surface area (Å²) in [4.78, 5) is 29.4. The smallest absolute Gasteiger partial charge is 0.261 e. The van der Waals surface area contributed by atoms with E-state index >= 15 is 0 Å². The van der Waals surface area contributed by atoms with Gasteiger partial charge in [-0.3, -0.25) is 14.2 Å². The minimum Gasteiger partial charge on any atom is -0.492 e. The lowest BCUT2D eigenvalue weighted by molar-refractivity contribution is -0.120. The van der Waals surface area contributed by atoms with Gasteiger partial charge >= 0.3 is 0 Å². The summed E-state index contributed by atoms with van der Waals surface area (Å²) >= 11 is 0. The van der Waals surface area contributed by atoms with Crippen molar-refractivity contribution in [2.45, 2.75) is 30.8 Å². The van der Waals surface area contributed by atoms with Crippen molar-refractivity contribution in [1.82, 2.24) is 19.6 Å². The van der Waals surface area contributed by atoms with Crippen molar-refractivity contribution in [3.63, 3.8) is 0 Å². The Labute approximate surface area is 215 Å². The molecule has 3 aromatic carbocycles. The van der Waals surface area contributed by atoms with Crippen LogP contribution in [0.25, 0.3) is 10.9 Å². The number of hydrogen-bond donors (Lipinski definition) is 2. The first kappa shape index (κ1) is 26.1. The van der Waals surface area contributed by atoms with Crippen LogP contribution < -0.4 is 20.3 Å². The van der Waals surface area contributed by atoms with Crippen LogP contribution in [0.1, 0.15) is 12.5 Å². The van der Waals surface area contributed by atoms with Crippen LogP contribution in [-0.4, -0.2) is 43.1 Å². The Hall–Kier alpha value is -4.02. The zero-order valence-electron chi connectivity index (χ0n) is 20.3. The Morgan fingerprint density at radius 1 is 1.00 bits per heavy atom. The van der Waals surface area contributed by atoms with E-state index in [9.17, 15) is 18.0 Å². The highest BCUT2D eigenvalue weighted by molar-refractivity contribution is 7.89. The third-order valence-electron chi connectivity index (χ3n) is 5.64. The summed E-state index contributed by atoms with van der Waals surface area (Å²) < 4.78 is 34.6. The van der Waals surface area contributed by atoms with E-state index in [1.54, 1.807) is 61.5 Å². The van der Waals surface area contributed by atoms with Gasteiger partial charge in [-0.05, 0) is 48.9 Å². The minimum atomic E-state index is -3.65. The molecule has 1 aromatic heterocycles. The van der Waals surface area contributed by atoms with Crippen LogP contribution in [-0.2, 0) is 27.8 Å². The predicted molar refractivity (Wildman–Crippen MR) is 141 cm³/mol. The number of nitrogens with zero attached hydrogens (tertiary/aromatic N) is 2. The number of nitrogens with one attached hydrogen (secondary N) is 2. The molecule has 0 saturated carbocycles. The fraction of sp³-hybridized carbons (Fsp3) is 0.222. The lowest BCUT2D eigenvalue weighted by Gasteiger charge is -2.15. The molecule has 37 heavy (non-hydrogen) atoms. The number of sulfonamides is 1. The maximum Gasteiger partial charge on any atom is 0.261 e. The SMILES string of the molecule is CC(CNC(=O)Cc1ccc(OCCn2cnc3ccccc3c2=O)cc1)NS(=O)(=O)c1ccccc1. The molecule has 0 aliphatic carbocycles. The van der Waals surface area contributed by atoms with Crippen molar-refractivity contribution in [2.75, 3.05) is 13.2 Å². The first-order valence-corrected chi connectivity index (χ1v) is 13.3. The molecule has 10 heteroatoms. The van der Waals surface area contributed by atoms with E-state index in [4.69, 9.17) is 4.74 Å². The van der Waals surface area contributed by atoms with Crippen molar-refractivity contribution in [3.05, 3.63) is 101 Å². The highest BCUT2D eigenvalue weighted by atomic mass is 32.2. The summed E-state index contributed by atoms with van der Waals surface area (Å²) in [7, 11) is -3.65. The van der Waals surface area contributed by atoms with Gasteiger partial charge in [0.15, 0.2) is 0 Å². The molecule has 0 fully saturated rings. The predicted octanol–water partition coefficient (Wildman–Crippen LogP) is 2.50. The zero-order valence-corrected chi connectivity index (χ0v) is 21.1. The highest BCUT2D eigenvalue weighted by Gasteiger charge is 2.17.